The van der Waals surface area contributed by atoms with Crippen LogP contribution < -0.4 is 5.32 Å². The molecule has 0 aromatic rings. The fraction of sp³-hybridized carbons (Fsp3) is 0.625. The van der Waals surface area contributed by atoms with E-state index in [1.807, 2.05) is 54.7 Å². The van der Waals surface area contributed by atoms with Crippen molar-refractivity contribution in [2.24, 2.45) is 0 Å². The average Bonchev–Trinajstić information content (AvgIpc) is 3.04. The minimum Gasteiger partial charge on any atom is -0.394 e. The summed E-state index contributed by atoms with van der Waals surface area (Å²) in [4.78, 5) is 12.3. The van der Waals surface area contributed by atoms with E-state index in [2.05, 4.69) is 19.2 Å². The third kappa shape index (κ3) is 30.2. The third-order valence-corrected chi connectivity index (χ3v) is 7.56. The highest BCUT2D eigenvalue weighted by molar-refractivity contribution is 5.76. The standard InChI is InChI=1S/C40H67NO5/c1-3-5-7-8-9-10-11-12-13-14-18-21-27-33-39(45)38(35-42)41-40(46)34-28-22-26-32-37(44)31-25-20-17-15-16-19-24-30-36(43)29-23-6-4-2/h6,16-17,19-20,23-27,30-33,36-39,42-45H,3-5,7-15,18,21-22,28-29,34-35H2,1-2H3,(H,41,46)/b19-16-,20-17-,23-6-,30-24+,31-25+,32-26-,33-27+/t36-,37-,38-,39+/m0/s1. The van der Waals surface area contributed by atoms with Crippen molar-refractivity contribution < 1.29 is 25.2 Å². The minimum atomic E-state index is -0.914. The molecule has 0 aliphatic carbocycles. The first kappa shape index (κ1) is 43.5. The van der Waals surface area contributed by atoms with Crippen LogP contribution in [0.5, 0.6) is 0 Å². The molecule has 5 N–H and O–H groups in total. The Morgan fingerprint density at radius 1 is 0.630 bits per heavy atom. The van der Waals surface area contributed by atoms with Gasteiger partial charge in [0.05, 0.1) is 31.0 Å². The van der Waals surface area contributed by atoms with Crippen LogP contribution in [0.15, 0.2) is 85.1 Å². The van der Waals surface area contributed by atoms with Crippen molar-refractivity contribution in [2.45, 2.75) is 154 Å². The van der Waals surface area contributed by atoms with E-state index >= 15 is 0 Å². The molecule has 6 nitrogen and oxygen atoms in total. The molecule has 0 aliphatic heterocycles. The Morgan fingerprint density at radius 3 is 1.85 bits per heavy atom. The molecule has 0 aliphatic rings. The summed E-state index contributed by atoms with van der Waals surface area (Å²) in [6.07, 6.45) is 43.0. The highest BCUT2D eigenvalue weighted by atomic mass is 16.3. The molecule has 0 saturated heterocycles. The van der Waals surface area contributed by atoms with E-state index in [4.69, 9.17) is 0 Å². The fourth-order valence-corrected chi connectivity index (χ4v) is 4.74. The number of nitrogens with one attached hydrogen (secondary N) is 1. The largest absolute Gasteiger partial charge is 0.394 e. The Hall–Kier alpha value is -2.51. The number of aliphatic hydroxyl groups is 4. The molecule has 262 valence electrons. The summed E-state index contributed by atoms with van der Waals surface area (Å²) in [7, 11) is 0. The fourth-order valence-electron chi connectivity index (χ4n) is 4.74. The average molecular weight is 642 g/mol. The highest BCUT2D eigenvalue weighted by Gasteiger charge is 2.17. The molecule has 0 radical (unpaired) electrons. The van der Waals surface area contributed by atoms with Crippen LogP contribution >= 0.6 is 0 Å². The van der Waals surface area contributed by atoms with Crippen molar-refractivity contribution in [3.8, 4) is 0 Å². The van der Waals surface area contributed by atoms with E-state index < -0.39 is 24.4 Å². The van der Waals surface area contributed by atoms with Crippen LogP contribution in [-0.4, -0.2) is 57.3 Å². The second kappa shape index (κ2) is 33.8. The summed E-state index contributed by atoms with van der Waals surface area (Å²) in [5.74, 6) is -0.208. The number of hydrogen-bond acceptors (Lipinski definition) is 5. The molecule has 0 aromatic carbocycles. The second-order valence-corrected chi connectivity index (χ2v) is 12.0. The number of hydrogen-bond donors (Lipinski definition) is 5. The first-order chi connectivity index (χ1) is 22.4. The van der Waals surface area contributed by atoms with Gasteiger partial charge in [0.2, 0.25) is 5.91 Å². The molecule has 0 rings (SSSR count). The molecular weight excluding hydrogens is 574 g/mol. The van der Waals surface area contributed by atoms with Crippen LogP contribution in [0.4, 0.5) is 0 Å². The summed E-state index contributed by atoms with van der Waals surface area (Å²) >= 11 is 0. The van der Waals surface area contributed by atoms with E-state index in [9.17, 15) is 25.2 Å². The zero-order valence-corrected chi connectivity index (χ0v) is 29.0. The third-order valence-electron chi connectivity index (χ3n) is 7.56. The minimum absolute atomic E-state index is 0.208. The predicted molar refractivity (Wildman–Crippen MR) is 195 cm³/mol. The lowest BCUT2D eigenvalue weighted by atomic mass is 10.0. The molecule has 0 bridgehead atoms. The summed E-state index contributed by atoms with van der Waals surface area (Å²) in [6.45, 7) is 3.99. The summed E-state index contributed by atoms with van der Waals surface area (Å²) in [5.41, 5.74) is 0. The Morgan fingerprint density at radius 2 is 1.22 bits per heavy atom. The number of amides is 1. The predicted octanol–water partition coefficient (Wildman–Crippen LogP) is 8.50. The lowest BCUT2D eigenvalue weighted by Gasteiger charge is -2.19. The monoisotopic (exact) mass is 642 g/mol. The van der Waals surface area contributed by atoms with Gasteiger partial charge in [-0.2, -0.15) is 0 Å². The first-order valence-electron chi connectivity index (χ1n) is 18.0. The normalized spacial score (nSPS) is 15.5. The van der Waals surface area contributed by atoms with E-state index in [0.29, 0.717) is 19.3 Å². The van der Waals surface area contributed by atoms with Gasteiger partial charge in [-0.05, 0) is 44.9 Å². The Balaban J connectivity index is 4.00. The molecule has 1 amide bonds. The maximum Gasteiger partial charge on any atom is 0.220 e. The van der Waals surface area contributed by atoms with Crippen LogP contribution in [0, 0.1) is 0 Å². The maximum absolute atomic E-state index is 12.3. The topological polar surface area (TPSA) is 110 Å². The van der Waals surface area contributed by atoms with Gasteiger partial charge in [0, 0.05) is 6.42 Å². The summed E-state index contributed by atoms with van der Waals surface area (Å²) in [6, 6.07) is -0.713. The SMILES string of the molecule is CC/C=C\C[C@H](O)/C=C/C=C\C/C=C\C=C\[C@H](O)/C=C\CCCC(=O)N[C@@H](CO)[C@H](O)/C=C/CCCCCCCCCCCCC. The van der Waals surface area contributed by atoms with Crippen LogP contribution in [0.2, 0.25) is 0 Å². The molecule has 0 fully saturated rings. The Kier molecular flexibility index (Phi) is 32.0. The molecule has 0 spiro atoms. The van der Waals surface area contributed by atoms with Gasteiger partial charge in [0.1, 0.15) is 0 Å². The van der Waals surface area contributed by atoms with Crippen molar-refractivity contribution in [3.05, 3.63) is 85.1 Å². The summed E-state index contributed by atoms with van der Waals surface area (Å²) in [5, 5.41) is 42.6. The summed E-state index contributed by atoms with van der Waals surface area (Å²) < 4.78 is 0. The molecule has 6 heteroatoms. The van der Waals surface area contributed by atoms with Gasteiger partial charge in [0.25, 0.3) is 0 Å². The van der Waals surface area contributed by atoms with Crippen LogP contribution in [0.1, 0.15) is 129 Å². The van der Waals surface area contributed by atoms with Gasteiger partial charge in [-0.3, -0.25) is 4.79 Å². The number of carbonyl (C=O) groups is 1. The number of unbranched alkanes of at least 4 members (excludes halogenated alkanes) is 12. The lowest BCUT2D eigenvalue weighted by molar-refractivity contribution is -0.122. The van der Waals surface area contributed by atoms with Gasteiger partial charge in [-0.1, -0.05) is 163 Å². The molecule has 0 saturated carbocycles. The van der Waals surface area contributed by atoms with Gasteiger partial charge >= 0.3 is 0 Å². The molecular formula is C40H67NO5. The zero-order chi connectivity index (χ0) is 33.9. The van der Waals surface area contributed by atoms with Crippen LogP contribution in [-0.2, 0) is 4.79 Å². The highest BCUT2D eigenvalue weighted by Crippen LogP contribution is 2.12. The van der Waals surface area contributed by atoms with Crippen LogP contribution in [0.25, 0.3) is 0 Å². The molecule has 46 heavy (non-hydrogen) atoms. The number of carbonyl (C=O) groups excluding carboxylic acids is 1. The quantitative estimate of drug-likeness (QED) is 0.0307. The molecule has 4 atom stereocenters. The van der Waals surface area contributed by atoms with E-state index in [1.54, 1.807) is 30.4 Å². The van der Waals surface area contributed by atoms with Crippen molar-refractivity contribution in [1.29, 1.82) is 0 Å². The number of rotatable bonds is 30. The van der Waals surface area contributed by atoms with Crippen LogP contribution in [0.3, 0.4) is 0 Å². The zero-order valence-electron chi connectivity index (χ0n) is 29.0. The number of allylic oxidation sites excluding steroid dienone is 9. The Bertz CT molecular complexity index is 901. The first-order valence-corrected chi connectivity index (χ1v) is 18.0. The van der Waals surface area contributed by atoms with Gasteiger partial charge in [-0.15, -0.1) is 0 Å². The smallest absolute Gasteiger partial charge is 0.220 e. The van der Waals surface area contributed by atoms with Crippen molar-refractivity contribution in [1.82, 2.24) is 5.32 Å². The van der Waals surface area contributed by atoms with Crippen molar-refractivity contribution in [3.63, 3.8) is 0 Å². The number of aliphatic hydroxyl groups excluding tert-OH is 4. The van der Waals surface area contributed by atoms with Gasteiger partial charge in [0.15, 0.2) is 0 Å². The van der Waals surface area contributed by atoms with Gasteiger partial charge < -0.3 is 25.7 Å². The molecule has 0 unspecified atom stereocenters. The van der Waals surface area contributed by atoms with E-state index in [1.165, 1.54) is 64.2 Å². The second-order valence-electron chi connectivity index (χ2n) is 12.0. The van der Waals surface area contributed by atoms with Gasteiger partial charge in [-0.25, -0.2) is 0 Å². The lowest BCUT2D eigenvalue weighted by Crippen LogP contribution is -2.45. The molecule has 0 heterocycles. The van der Waals surface area contributed by atoms with E-state index in [-0.39, 0.29) is 18.9 Å². The Labute approximate surface area is 281 Å². The van der Waals surface area contributed by atoms with E-state index in [0.717, 1.165) is 25.7 Å². The van der Waals surface area contributed by atoms with Crippen molar-refractivity contribution in [2.75, 3.05) is 6.61 Å². The molecule has 0 aromatic heterocycles. The maximum atomic E-state index is 12.3. The van der Waals surface area contributed by atoms with Crippen molar-refractivity contribution >= 4 is 5.91 Å².